The average Bonchev–Trinajstić information content (AvgIpc) is 3.25. The molecule has 27 heavy (non-hydrogen) atoms. The summed E-state index contributed by atoms with van der Waals surface area (Å²) in [6.07, 6.45) is 0. The summed E-state index contributed by atoms with van der Waals surface area (Å²) in [5, 5.41) is 12.9. The van der Waals surface area contributed by atoms with Crippen LogP contribution in [0.5, 0.6) is 0 Å². The van der Waals surface area contributed by atoms with Crippen molar-refractivity contribution in [3.05, 3.63) is 69.3 Å². The molecular formula is C19H14BrN3O2S2. The summed E-state index contributed by atoms with van der Waals surface area (Å²) in [7, 11) is 0. The number of nitrogens with zero attached hydrogens (tertiary/aromatic N) is 2. The molecule has 0 aliphatic heterocycles. The van der Waals surface area contributed by atoms with E-state index >= 15 is 0 Å². The molecule has 4 aromatic rings. The molecule has 0 aliphatic rings. The molecule has 1 amide bonds. The monoisotopic (exact) mass is 459 g/mol. The Bertz CT molecular complexity index is 1110. The van der Waals surface area contributed by atoms with Gasteiger partial charge >= 0.3 is 0 Å². The lowest BCUT2D eigenvalue weighted by Gasteiger charge is -2.05. The van der Waals surface area contributed by atoms with Crippen LogP contribution in [0.3, 0.4) is 0 Å². The molecule has 2 aromatic heterocycles. The number of amides is 1. The minimum atomic E-state index is -0.266. The predicted molar refractivity (Wildman–Crippen MR) is 113 cm³/mol. The third-order valence-corrected chi connectivity index (χ3v) is 6.38. The molecule has 0 unspecified atom stereocenters. The molecule has 0 radical (unpaired) electrons. The topological polar surface area (TPSA) is 68.0 Å². The van der Waals surface area contributed by atoms with Gasteiger partial charge in [-0.05, 0) is 37.3 Å². The van der Waals surface area contributed by atoms with Crippen molar-refractivity contribution in [1.29, 1.82) is 0 Å². The predicted octanol–water partition coefficient (Wildman–Crippen LogP) is 5.90. The molecule has 2 aromatic carbocycles. The van der Waals surface area contributed by atoms with Gasteiger partial charge in [0.05, 0.1) is 0 Å². The summed E-state index contributed by atoms with van der Waals surface area (Å²) in [5.74, 6) is 0.639. The fraction of sp³-hybridized carbons (Fsp3) is 0.105. The van der Waals surface area contributed by atoms with Gasteiger partial charge < -0.3 is 9.73 Å². The van der Waals surface area contributed by atoms with Crippen molar-refractivity contribution >= 4 is 61.6 Å². The molecule has 0 aliphatic carbocycles. The Hall–Kier alpha value is -2.16. The third-order valence-electron chi connectivity index (χ3n) is 3.85. The first-order valence-electron chi connectivity index (χ1n) is 8.10. The Morgan fingerprint density at radius 3 is 2.70 bits per heavy atom. The van der Waals surface area contributed by atoms with Crippen LogP contribution in [0.15, 0.2) is 61.8 Å². The number of carbonyl (C=O) groups excluding carboxylic acids is 1. The number of nitrogens with one attached hydrogen (secondary N) is 1. The number of aryl methyl sites for hydroxylation is 1. The lowest BCUT2D eigenvalue weighted by molar-refractivity contribution is 0.0998. The number of halogens is 1. The second kappa shape index (κ2) is 7.84. The van der Waals surface area contributed by atoms with Gasteiger partial charge in [-0.25, -0.2) is 0 Å². The van der Waals surface area contributed by atoms with Crippen LogP contribution in [0.4, 0.5) is 5.69 Å². The van der Waals surface area contributed by atoms with Gasteiger partial charge in [-0.2, -0.15) is 0 Å². The van der Waals surface area contributed by atoms with E-state index in [1.54, 1.807) is 11.8 Å². The number of hydrogen-bond acceptors (Lipinski definition) is 6. The fourth-order valence-electron chi connectivity index (χ4n) is 2.62. The minimum Gasteiger partial charge on any atom is -0.451 e. The zero-order valence-electron chi connectivity index (χ0n) is 14.2. The second-order valence-corrected chi connectivity index (χ2v) is 9.06. The van der Waals surface area contributed by atoms with E-state index in [4.69, 9.17) is 4.42 Å². The number of para-hydroxylation sites is 1. The van der Waals surface area contributed by atoms with Gasteiger partial charge in [-0.15, -0.1) is 10.2 Å². The Morgan fingerprint density at radius 2 is 1.96 bits per heavy atom. The Kier molecular flexibility index (Phi) is 5.29. The number of thioether (sulfide) groups is 1. The van der Waals surface area contributed by atoms with Crippen LogP contribution in [0.1, 0.15) is 21.1 Å². The molecule has 4 rings (SSSR count). The van der Waals surface area contributed by atoms with E-state index < -0.39 is 0 Å². The first-order chi connectivity index (χ1) is 13.1. The smallest absolute Gasteiger partial charge is 0.291 e. The lowest BCUT2D eigenvalue weighted by atomic mass is 10.1. The summed E-state index contributed by atoms with van der Waals surface area (Å²) in [6.45, 7) is 1.92. The summed E-state index contributed by atoms with van der Waals surface area (Å²) in [6, 6.07) is 15.1. The van der Waals surface area contributed by atoms with Crippen LogP contribution < -0.4 is 5.32 Å². The quantitative estimate of drug-likeness (QED) is 0.376. The van der Waals surface area contributed by atoms with Crippen molar-refractivity contribution < 1.29 is 9.21 Å². The zero-order chi connectivity index (χ0) is 18.8. The number of benzene rings is 2. The van der Waals surface area contributed by atoms with Crippen LogP contribution in [-0.4, -0.2) is 16.1 Å². The highest BCUT2D eigenvalue weighted by atomic mass is 79.9. The Labute approximate surface area is 172 Å². The Morgan fingerprint density at radius 1 is 1.19 bits per heavy atom. The molecule has 2 heterocycles. The highest BCUT2D eigenvalue weighted by molar-refractivity contribution is 9.10. The molecular weight excluding hydrogens is 446 g/mol. The van der Waals surface area contributed by atoms with Gasteiger partial charge in [-0.1, -0.05) is 57.2 Å². The maximum absolute atomic E-state index is 12.9. The molecule has 8 heteroatoms. The third kappa shape index (κ3) is 4.07. The lowest BCUT2D eigenvalue weighted by Crippen LogP contribution is -2.12. The van der Waals surface area contributed by atoms with E-state index in [1.807, 2.05) is 55.5 Å². The van der Waals surface area contributed by atoms with Crippen LogP contribution in [0, 0.1) is 6.92 Å². The molecule has 0 saturated carbocycles. The molecule has 1 N–H and O–H groups in total. The number of furan rings is 1. The van der Waals surface area contributed by atoms with E-state index in [0.29, 0.717) is 22.8 Å². The second-order valence-electron chi connectivity index (χ2n) is 5.74. The van der Waals surface area contributed by atoms with Crippen LogP contribution in [-0.2, 0) is 5.75 Å². The normalized spacial score (nSPS) is 11.0. The molecule has 0 spiro atoms. The maximum atomic E-state index is 12.9. The minimum absolute atomic E-state index is 0.266. The van der Waals surface area contributed by atoms with E-state index in [9.17, 15) is 4.79 Å². The van der Waals surface area contributed by atoms with Crippen LogP contribution in [0.2, 0.25) is 0 Å². The number of anilines is 1. The summed E-state index contributed by atoms with van der Waals surface area (Å²) >= 11 is 6.48. The fourth-order valence-corrected chi connectivity index (χ4v) is 4.72. The summed E-state index contributed by atoms with van der Waals surface area (Å²) < 4.78 is 7.71. The van der Waals surface area contributed by atoms with Crippen molar-refractivity contribution in [2.24, 2.45) is 0 Å². The first kappa shape index (κ1) is 18.2. The van der Waals surface area contributed by atoms with Crippen molar-refractivity contribution in [3.63, 3.8) is 0 Å². The van der Waals surface area contributed by atoms with Crippen LogP contribution in [0.25, 0.3) is 11.0 Å². The standard InChI is InChI=1S/C19H14BrN3O2S2/c1-11-22-23-19(27-11)26-10-15-14-4-2-3-5-16(14)25-17(15)18(24)21-13-8-6-12(20)7-9-13/h2-9H,10H2,1H3,(H,21,24). The number of hydrogen-bond donors (Lipinski definition) is 1. The van der Waals surface area contributed by atoms with Crippen molar-refractivity contribution in [2.75, 3.05) is 5.32 Å². The van der Waals surface area contributed by atoms with E-state index in [2.05, 4.69) is 31.4 Å². The number of aromatic nitrogens is 2. The van der Waals surface area contributed by atoms with Crippen molar-refractivity contribution in [3.8, 4) is 0 Å². The first-order valence-corrected chi connectivity index (χ1v) is 10.7. The number of fused-ring (bicyclic) bond motifs is 1. The van der Waals surface area contributed by atoms with Gasteiger partial charge in [0, 0.05) is 26.9 Å². The summed E-state index contributed by atoms with van der Waals surface area (Å²) in [5.41, 5.74) is 2.27. The number of carbonyl (C=O) groups is 1. The van der Waals surface area contributed by atoms with Gasteiger partial charge in [0.25, 0.3) is 5.91 Å². The van der Waals surface area contributed by atoms with Gasteiger partial charge in [0.1, 0.15) is 10.6 Å². The number of rotatable bonds is 5. The van der Waals surface area contributed by atoms with Gasteiger partial charge in [0.15, 0.2) is 10.1 Å². The Balaban J connectivity index is 1.64. The van der Waals surface area contributed by atoms with E-state index in [0.717, 1.165) is 24.8 Å². The van der Waals surface area contributed by atoms with Crippen LogP contribution >= 0.6 is 39.0 Å². The molecule has 136 valence electrons. The average molecular weight is 460 g/mol. The molecule has 0 saturated heterocycles. The van der Waals surface area contributed by atoms with E-state index in [1.165, 1.54) is 11.3 Å². The molecule has 0 fully saturated rings. The van der Waals surface area contributed by atoms with Crippen molar-refractivity contribution in [1.82, 2.24) is 10.2 Å². The zero-order valence-corrected chi connectivity index (χ0v) is 17.5. The molecule has 0 bridgehead atoms. The van der Waals surface area contributed by atoms with Gasteiger partial charge in [0.2, 0.25) is 0 Å². The maximum Gasteiger partial charge on any atom is 0.291 e. The van der Waals surface area contributed by atoms with E-state index in [-0.39, 0.29) is 5.91 Å². The summed E-state index contributed by atoms with van der Waals surface area (Å²) in [4.78, 5) is 12.9. The highest BCUT2D eigenvalue weighted by Gasteiger charge is 2.21. The largest absolute Gasteiger partial charge is 0.451 e. The molecule has 5 nitrogen and oxygen atoms in total. The van der Waals surface area contributed by atoms with Gasteiger partial charge in [-0.3, -0.25) is 4.79 Å². The SMILES string of the molecule is Cc1nnc(SCc2c(C(=O)Nc3ccc(Br)cc3)oc3ccccc23)s1. The van der Waals surface area contributed by atoms with Crippen molar-refractivity contribution in [2.45, 2.75) is 17.0 Å². The highest BCUT2D eigenvalue weighted by Crippen LogP contribution is 2.33. The molecule has 0 atom stereocenters.